The number of hydrogen-bond donors (Lipinski definition) is 1. The molecule has 2 atom stereocenters. The topological polar surface area (TPSA) is 66.7 Å². The van der Waals surface area contributed by atoms with Crippen molar-refractivity contribution in [1.29, 1.82) is 0 Å². The summed E-state index contributed by atoms with van der Waals surface area (Å²) in [6.45, 7) is 6.84. The summed E-state index contributed by atoms with van der Waals surface area (Å²) >= 11 is 0. The van der Waals surface area contributed by atoms with Crippen molar-refractivity contribution >= 4 is 17.3 Å². The van der Waals surface area contributed by atoms with Crippen LogP contribution in [-0.2, 0) is 0 Å². The Kier molecular flexibility index (Phi) is 5.57. The summed E-state index contributed by atoms with van der Waals surface area (Å²) in [5, 5.41) is 3.06. The van der Waals surface area contributed by atoms with Crippen LogP contribution in [0.1, 0.15) is 66.3 Å². The standard InChI is InChI=1S/C24H28N4O2/c1-16(2)17(3)25-23(29)21-19-12-7-8-14-27(19)22(26-21)20-13-9-15-28(20)24(30)18-10-5-4-6-11-18/h4-8,10-12,14,16-17,20H,9,13,15H2,1-3H3,(H,25,29)/t17-,20+/m0/s1. The third-order valence-electron chi connectivity index (χ3n) is 5.98. The summed E-state index contributed by atoms with van der Waals surface area (Å²) in [5.41, 5.74) is 1.85. The molecule has 1 aliphatic heterocycles. The zero-order valence-corrected chi connectivity index (χ0v) is 17.7. The molecule has 1 aliphatic rings. The summed E-state index contributed by atoms with van der Waals surface area (Å²) in [6.07, 6.45) is 3.66. The van der Waals surface area contributed by atoms with Crippen LogP contribution < -0.4 is 5.32 Å². The molecule has 1 N–H and O–H groups in total. The number of likely N-dealkylation sites (tertiary alicyclic amines) is 1. The van der Waals surface area contributed by atoms with Gasteiger partial charge in [-0.2, -0.15) is 0 Å². The second-order valence-electron chi connectivity index (χ2n) is 8.30. The predicted molar refractivity (Wildman–Crippen MR) is 116 cm³/mol. The van der Waals surface area contributed by atoms with E-state index >= 15 is 0 Å². The van der Waals surface area contributed by atoms with Crippen LogP contribution in [0.15, 0.2) is 54.7 Å². The Hall–Kier alpha value is -3.15. The molecular formula is C24H28N4O2. The van der Waals surface area contributed by atoms with Crippen LogP contribution in [0, 0.1) is 5.92 Å². The van der Waals surface area contributed by atoms with Crippen molar-refractivity contribution in [3.8, 4) is 0 Å². The molecule has 6 nitrogen and oxygen atoms in total. The minimum Gasteiger partial charge on any atom is -0.348 e. The van der Waals surface area contributed by atoms with Gasteiger partial charge in [0.25, 0.3) is 11.8 Å². The average Bonchev–Trinajstić information content (AvgIpc) is 3.38. The Morgan fingerprint density at radius 2 is 1.80 bits per heavy atom. The number of imidazole rings is 1. The van der Waals surface area contributed by atoms with E-state index in [0.717, 1.165) is 24.2 Å². The molecule has 6 heteroatoms. The van der Waals surface area contributed by atoms with E-state index in [1.54, 1.807) is 0 Å². The average molecular weight is 405 g/mol. The van der Waals surface area contributed by atoms with Crippen molar-refractivity contribution in [2.24, 2.45) is 5.92 Å². The first-order chi connectivity index (χ1) is 14.5. The third-order valence-corrected chi connectivity index (χ3v) is 5.98. The first kappa shape index (κ1) is 20.1. The first-order valence-corrected chi connectivity index (χ1v) is 10.6. The largest absolute Gasteiger partial charge is 0.348 e. The molecule has 1 saturated heterocycles. The monoisotopic (exact) mass is 404 g/mol. The number of pyridine rings is 1. The molecule has 1 aromatic carbocycles. The maximum absolute atomic E-state index is 13.1. The van der Waals surface area contributed by atoms with Gasteiger partial charge in [0.05, 0.1) is 11.6 Å². The number of benzene rings is 1. The fraction of sp³-hybridized carbons (Fsp3) is 0.375. The quantitative estimate of drug-likeness (QED) is 0.697. The fourth-order valence-electron chi connectivity index (χ4n) is 3.93. The lowest BCUT2D eigenvalue weighted by atomic mass is 10.1. The third kappa shape index (κ3) is 3.70. The summed E-state index contributed by atoms with van der Waals surface area (Å²) in [7, 11) is 0. The number of nitrogens with one attached hydrogen (secondary N) is 1. The van der Waals surface area contributed by atoms with Gasteiger partial charge in [0, 0.05) is 24.3 Å². The first-order valence-electron chi connectivity index (χ1n) is 10.6. The van der Waals surface area contributed by atoms with Gasteiger partial charge in [-0.1, -0.05) is 38.1 Å². The molecule has 0 spiro atoms. The zero-order valence-electron chi connectivity index (χ0n) is 17.7. The molecule has 0 bridgehead atoms. The number of carbonyl (C=O) groups is 2. The fourth-order valence-corrected chi connectivity index (χ4v) is 3.93. The van der Waals surface area contributed by atoms with Crippen LogP contribution in [0.25, 0.3) is 5.52 Å². The van der Waals surface area contributed by atoms with Crippen molar-refractivity contribution < 1.29 is 9.59 Å². The normalized spacial score (nSPS) is 17.5. The summed E-state index contributed by atoms with van der Waals surface area (Å²) in [4.78, 5) is 32.8. The Morgan fingerprint density at radius 3 is 2.53 bits per heavy atom. The van der Waals surface area contributed by atoms with Gasteiger partial charge in [0.2, 0.25) is 0 Å². The van der Waals surface area contributed by atoms with Crippen LogP contribution in [0.3, 0.4) is 0 Å². The highest BCUT2D eigenvalue weighted by Crippen LogP contribution is 2.33. The molecule has 1 fully saturated rings. The van der Waals surface area contributed by atoms with Crippen molar-refractivity contribution in [3.05, 3.63) is 71.8 Å². The van der Waals surface area contributed by atoms with Crippen LogP contribution in [0.4, 0.5) is 0 Å². The SMILES string of the molecule is CC(C)[C@H](C)NC(=O)c1nc([C@H]2CCCN2C(=O)c2ccccc2)n2ccccc12. The molecule has 4 rings (SSSR count). The van der Waals surface area contributed by atoms with Gasteiger partial charge in [0.15, 0.2) is 5.69 Å². The molecule has 2 amide bonds. The second-order valence-corrected chi connectivity index (χ2v) is 8.30. The van der Waals surface area contributed by atoms with E-state index in [4.69, 9.17) is 4.98 Å². The van der Waals surface area contributed by atoms with E-state index in [0.29, 0.717) is 23.7 Å². The van der Waals surface area contributed by atoms with Gasteiger partial charge in [-0.25, -0.2) is 4.98 Å². The van der Waals surface area contributed by atoms with Crippen LogP contribution in [0.2, 0.25) is 0 Å². The molecule has 2 aromatic heterocycles. The maximum atomic E-state index is 13.1. The highest BCUT2D eigenvalue weighted by Gasteiger charge is 2.34. The van der Waals surface area contributed by atoms with Gasteiger partial charge in [-0.15, -0.1) is 0 Å². The molecule has 0 saturated carbocycles. The van der Waals surface area contributed by atoms with Crippen molar-refractivity contribution in [3.63, 3.8) is 0 Å². The summed E-state index contributed by atoms with van der Waals surface area (Å²) < 4.78 is 1.95. The number of nitrogens with zero attached hydrogens (tertiary/aromatic N) is 3. The van der Waals surface area contributed by atoms with Gasteiger partial charge in [-0.3, -0.25) is 9.59 Å². The highest BCUT2D eigenvalue weighted by molar-refractivity contribution is 5.99. The Balaban J connectivity index is 1.70. The van der Waals surface area contributed by atoms with E-state index in [-0.39, 0.29) is 23.9 Å². The summed E-state index contributed by atoms with van der Waals surface area (Å²) in [5.74, 6) is 0.904. The number of rotatable bonds is 5. The van der Waals surface area contributed by atoms with Gasteiger partial charge >= 0.3 is 0 Å². The molecule has 3 heterocycles. The Bertz CT molecular complexity index is 1060. The zero-order chi connectivity index (χ0) is 21.3. The minimum atomic E-state index is -0.176. The lowest BCUT2D eigenvalue weighted by molar-refractivity contribution is 0.0729. The number of amides is 2. The van der Waals surface area contributed by atoms with Crippen LogP contribution >= 0.6 is 0 Å². The molecule has 30 heavy (non-hydrogen) atoms. The lowest BCUT2D eigenvalue weighted by Crippen LogP contribution is -2.36. The van der Waals surface area contributed by atoms with Gasteiger partial charge in [-0.05, 0) is 49.9 Å². The van der Waals surface area contributed by atoms with E-state index in [1.807, 2.05) is 71.0 Å². The van der Waals surface area contributed by atoms with Crippen molar-refractivity contribution in [2.45, 2.75) is 45.7 Å². The highest BCUT2D eigenvalue weighted by atomic mass is 16.2. The van der Waals surface area contributed by atoms with Crippen LogP contribution in [0.5, 0.6) is 0 Å². The van der Waals surface area contributed by atoms with E-state index in [2.05, 4.69) is 19.2 Å². The van der Waals surface area contributed by atoms with E-state index in [9.17, 15) is 9.59 Å². The van der Waals surface area contributed by atoms with E-state index in [1.165, 1.54) is 0 Å². The smallest absolute Gasteiger partial charge is 0.272 e. The van der Waals surface area contributed by atoms with Gasteiger partial charge < -0.3 is 14.6 Å². The molecule has 156 valence electrons. The number of fused-ring (bicyclic) bond motifs is 1. The van der Waals surface area contributed by atoms with Crippen molar-refractivity contribution in [2.75, 3.05) is 6.54 Å². The maximum Gasteiger partial charge on any atom is 0.272 e. The predicted octanol–water partition coefficient (Wildman–Crippen LogP) is 4.09. The molecule has 0 aliphatic carbocycles. The number of carbonyl (C=O) groups excluding carboxylic acids is 2. The van der Waals surface area contributed by atoms with Crippen molar-refractivity contribution in [1.82, 2.24) is 19.6 Å². The second kappa shape index (κ2) is 8.30. The molecule has 0 unspecified atom stereocenters. The van der Waals surface area contributed by atoms with Crippen LogP contribution in [-0.4, -0.2) is 38.7 Å². The number of aromatic nitrogens is 2. The van der Waals surface area contributed by atoms with E-state index < -0.39 is 0 Å². The molecule has 3 aromatic rings. The lowest BCUT2D eigenvalue weighted by Gasteiger charge is -2.24. The number of hydrogen-bond acceptors (Lipinski definition) is 3. The Labute approximate surface area is 176 Å². The minimum absolute atomic E-state index is 0.00483. The molecule has 0 radical (unpaired) electrons. The molecular weight excluding hydrogens is 376 g/mol. The summed E-state index contributed by atoms with van der Waals surface area (Å²) in [6, 6.07) is 15.0. The van der Waals surface area contributed by atoms with Gasteiger partial charge in [0.1, 0.15) is 5.82 Å². The Morgan fingerprint density at radius 1 is 1.07 bits per heavy atom.